The standard InChI is InChI=1S/C19H25N3/c1-15-5-6-18(13-21-15)16-7-9-17(10-8-16)19(20-2)14-22-11-3-4-12-22/h5-10,13,19-20H,3-4,11-12,14H2,1-2H3. The van der Waals surface area contributed by atoms with Crippen molar-refractivity contribution in [2.45, 2.75) is 25.8 Å². The Morgan fingerprint density at radius 3 is 2.32 bits per heavy atom. The first kappa shape index (κ1) is 15.2. The third kappa shape index (κ3) is 3.54. The number of hydrogen-bond donors (Lipinski definition) is 1. The van der Waals surface area contributed by atoms with Gasteiger partial charge >= 0.3 is 0 Å². The highest BCUT2D eigenvalue weighted by Crippen LogP contribution is 2.23. The third-order valence-corrected chi connectivity index (χ3v) is 4.55. The zero-order valence-corrected chi connectivity index (χ0v) is 13.5. The first-order valence-corrected chi connectivity index (χ1v) is 8.19. The number of likely N-dealkylation sites (N-methyl/N-ethyl adjacent to an activating group) is 1. The summed E-state index contributed by atoms with van der Waals surface area (Å²) in [5.41, 5.74) is 4.82. The monoisotopic (exact) mass is 295 g/mol. The SMILES string of the molecule is CNC(CN1CCCC1)c1ccc(-c2ccc(C)nc2)cc1. The van der Waals surface area contributed by atoms with Gasteiger partial charge in [-0.15, -0.1) is 0 Å². The number of aromatic nitrogens is 1. The van der Waals surface area contributed by atoms with E-state index in [0.717, 1.165) is 12.2 Å². The normalized spacial score (nSPS) is 16.8. The highest BCUT2D eigenvalue weighted by molar-refractivity contribution is 5.62. The second-order valence-electron chi connectivity index (χ2n) is 6.16. The molecule has 2 aromatic rings. The number of rotatable bonds is 5. The van der Waals surface area contributed by atoms with Crippen molar-refractivity contribution in [3.63, 3.8) is 0 Å². The molecular weight excluding hydrogens is 270 g/mol. The van der Waals surface area contributed by atoms with Gasteiger partial charge in [0.05, 0.1) is 0 Å². The first-order chi connectivity index (χ1) is 10.8. The summed E-state index contributed by atoms with van der Waals surface area (Å²) < 4.78 is 0. The molecule has 1 aromatic carbocycles. The van der Waals surface area contributed by atoms with Gasteiger partial charge in [0, 0.05) is 30.0 Å². The maximum Gasteiger partial charge on any atom is 0.0446 e. The van der Waals surface area contributed by atoms with Crippen LogP contribution in [-0.2, 0) is 0 Å². The van der Waals surface area contributed by atoms with Crippen molar-refractivity contribution in [2.75, 3.05) is 26.7 Å². The van der Waals surface area contributed by atoms with E-state index in [0.29, 0.717) is 6.04 Å². The van der Waals surface area contributed by atoms with Gasteiger partial charge in [-0.2, -0.15) is 0 Å². The van der Waals surface area contributed by atoms with Crippen molar-refractivity contribution >= 4 is 0 Å². The lowest BCUT2D eigenvalue weighted by molar-refractivity contribution is 0.299. The van der Waals surface area contributed by atoms with Crippen molar-refractivity contribution < 1.29 is 0 Å². The lowest BCUT2D eigenvalue weighted by Crippen LogP contribution is -2.31. The number of benzene rings is 1. The van der Waals surface area contributed by atoms with Crippen molar-refractivity contribution in [2.24, 2.45) is 0 Å². The van der Waals surface area contributed by atoms with Crippen LogP contribution in [0.3, 0.4) is 0 Å². The van der Waals surface area contributed by atoms with E-state index in [1.165, 1.54) is 42.6 Å². The van der Waals surface area contributed by atoms with Crippen molar-refractivity contribution in [1.82, 2.24) is 15.2 Å². The van der Waals surface area contributed by atoms with Gasteiger partial charge in [0.15, 0.2) is 0 Å². The van der Waals surface area contributed by atoms with Crippen LogP contribution in [0.15, 0.2) is 42.6 Å². The van der Waals surface area contributed by atoms with Gasteiger partial charge in [-0.25, -0.2) is 0 Å². The van der Waals surface area contributed by atoms with E-state index in [9.17, 15) is 0 Å². The van der Waals surface area contributed by atoms with Crippen LogP contribution in [0.4, 0.5) is 0 Å². The summed E-state index contributed by atoms with van der Waals surface area (Å²) in [6.07, 6.45) is 4.63. The molecule has 3 nitrogen and oxygen atoms in total. The fourth-order valence-electron chi connectivity index (χ4n) is 3.13. The van der Waals surface area contributed by atoms with E-state index in [1.54, 1.807) is 0 Å². The zero-order valence-electron chi connectivity index (χ0n) is 13.5. The maximum absolute atomic E-state index is 4.38. The van der Waals surface area contributed by atoms with E-state index in [4.69, 9.17) is 0 Å². The van der Waals surface area contributed by atoms with Crippen molar-refractivity contribution in [1.29, 1.82) is 0 Å². The summed E-state index contributed by atoms with van der Waals surface area (Å²) >= 11 is 0. The van der Waals surface area contributed by atoms with Crippen LogP contribution in [0.1, 0.15) is 30.1 Å². The highest BCUT2D eigenvalue weighted by atomic mass is 15.2. The maximum atomic E-state index is 4.38. The molecule has 3 rings (SSSR count). The number of nitrogens with one attached hydrogen (secondary N) is 1. The number of hydrogen-bond acceptors (Lipinski definition) is 3. The molecule has 1 unspecified atom stereocenters. The van der Waals surface area contributed by atoms with Crippen LogP contribution in [0, 0.1) is 6.92 Å². The quantitative estimate of drug-likeness (QED) is 0.916. The average Bonchev–Trinajstić information content (AvgIpc) is 3.07. The Kier molecular flexibility index (Phi) is 4.86. The molecular formula is C19H25N3. The summed E-state index contributed by atoms with van der Waals surface area (Å²) in [4.78, 5) is 6.93. The predicted molar refractivity (Wildman–Crippen MR) is 91.9 cm³/mol. The van der Waals surface area contributed by atoms with E-state index < -0.39 is 0 Å². The lowest BCUT2D eigenvalue weighted by atomic mass is 10.0. The first-order valence-electron chi connectivity index (χ1n) is 8.19. The molecule has 1 N–H and O–H groups in total. The predicted octanol–water partition coefficient (Wildman–Crippen LogP) is 3.41. The minimum atomic E-state index is 0.406. The van der Waals surface area contributed by atoms with Crippen molar-refractivity contribution in [3.05, 3.63) is 53.9 Å². The molecule has 0 saturated carbocycles. The van der Waals surface area contributed by atoms with Gasteiger partial charge in [0.2, 0.25) is 0 Å². The molecule has 1 aromatic heterocycles. The minimum absolute atomic E-state index is 0.406. The van der Waals surface area contributed by atoms with E-state index in [2.05, 4.69) is 58.6 Å². The summed E-state index contributed by atoms with van der Waals surface area (Å²) in [6.45, 7) is 5.60. The number of nitrogens with zero attached hydrogens (tertiary/aromatic N) is 2. The molecule has 1 aliphatic heterocycles. The van der Waals surface area contributed by atoms with Crippen LogP contribution in [0.25, 0.3) is 11.1 Å². The fraction of sp³-hybridized carbons (Fsp3) is 0.421. The topological polar surface area (TPSA) is 28.2 Å². The number of pyridine rings is 1. The molecule has 2 heterocycles. The van der Waals surface area contributed by atoms with Gasteiger partial charge in [0.25, 0.3) is 0 Å². The summed E-state index contributed by atoms with van der Waals surface area (Å²) in [5, 5.41) is 3.46. The fourth-order valence-corrected chi connectivity index (χ4v) is 3.13. The lowest BCUT2D eigenvalue weighted by Gasteiger charge is -2.23. The second kappa shape index (κ2) is 7.03. The van der Waals surface area contributed by atoms with Crippen molar-refractivity contribution in [3.8, 4) is 11.1 Å². The third-order valence-electron chi connectivity index (χ3n) is 4.55. The minimum Gasteiger partial charge on any atom is -0.312 e. The van der Waals surface area contributed by atoms with Crippen LogP contribution < -0.4 is 5.32 Å². The Morgan fingerprint density at radius 2 is 1.73 bits per heavy atom. The van der Waals surface area contributed by atoms with Gasteiger partial charge < -0.3 is 10.2 Å². The molecule has 3 heteroatoms. The molecule has 1 atom stereocenters. The van der Waals surface area contributed by atoms with Crippen LogP contribution in [0.2, 0.25) is 0 Å². The largest absolute Gasteiger partial charge is 0.312 e. The van der Waals surface area contributed by atoms with Gasteiger partial charge in [0.1, 0.15) is 0 Å². The Balaban J connectivity index is 1.72. The molecule has 116 valence electrons. The summed E-state index contributed by atoms with van der Waals surface area (Å²) in [5.74, 6) is 0. The molecule has 22 heavy (non-hydrogen) atoms. The van der Waals surface area contributed by atoms with Gasteiger partial charge in [-0.3, -0.25) is 4.98 Å². The average molecular weight is 295 g/mol. The van der Waals surface area contributed by atoms with Crippen LogP contribution in [0.5, 0.6) is 0 Å². The second-order valence-corrected chi connectivity index (χ2v) is 6.16. The molecule has 1 saturated heterocycles. The molecule has 0 amide bonds. The summed E-state index contributed by atoms with van der Waals surface area (Å²) in [7, 11) is 2.05. The zero-order chi connectivity index (χ0) is 15.4. The number of aryl methyl sites for hydroxylation is 1. The summed E-state index contributed by atoms with van der Waals surface area (Å²) in [6, 6.07) is 13.5. The molecule has 0 bridgehead atoms. The molecule has 0 aliphatic carbocycles. The Morgan fingerprint density at radius 1 is 1.05 bits per heavy atom. The van der Waals surface area contributed by atoms with Crippen LogP contribution in [-0.4, -0.2) is 36.6 Å². The molecule has 1 aliphatic rings. The van der Waals surface area contributed by atoms with E-state index in [1.807, 2.05) is 13.1 Å². The highest BCUT2D eigenvalue weighted by Gasteiger charge is 2.17. The molecule has 1 fully saturated rings. The Labute approximate surface area is 133 Å². The smallest absolute Gasteiger partial charge is 0.0446 e. The van der Waals surface area contributed by atoms with Gasteiger partial charge in [-0.1, -0.05) is 30.3 Å². The van der Waals surface area contributed by atoms with Gasteiger partial charge in [-0.05, 0) is 57.1 Å². The Hall–Kier alpha value is -1.71. The van der Waals surface area contributed by atoms with E-state index >= 15 is 0 Å². The molecule has 0 spiro atoms. The molecule has 0 radical (unpaired) electrons. The Bertz CT molecular complexity index is 583. The van der Waals surface area contributed by atoms with E-state index in [-0.39, 0.29) is 0 Å². The van der Waals surface area contributed by atoms with Crippen LogP contribution >= 0.6 is 0 Å². The number of likely N-dealkylation sites (tertiary alicyclic amines) is 1.